The van der Waals surface area contributed by atoms with Gasteiger partial charge in [0.2, 0.25) is 0 Å². The summed E-state index contributed by atoms with van der Waals surface area (Å²) < 4.78 is 0. The highest BCUT2D eigenvalue weighted by molar-refractivity contribution is 6.42. The Morgan fingerprint density at radius 1 is 1.16 bits per heavy atom. The molecule has 5 N–H and O–H groups in total. The lowest BCUT2D eigenvalue weighted by atomic mass is 10.1. The van der Waals surface area contributed by atoms with Crippen molar-refractivity contribution in [1.82, 2.24) is 9.97 Å². The van der Waals surface area contributed by atoms with Crippen LogP contribution < -0.4 is 0 Å². The third-order valence-electron chi connectivity index (χ3n) is 2.73. The Balaban J connectivity index is 2.35. The largest absolute Gasteiger partial charge is 0.394 e. The molecule has 0 aliphatic heterocycles. The van der Waals surface area contributed by atoms with Gasteiger partial charge in [-0.25, -0.2) is 4.98 Å². The number of nitrogens with zero attached hydrogens (tertiary/aromatic N) is 1. The lowest BCUT2D eigenvalue weighted by Crippen LogP contribution is -2.35. The van der Waals surface area contributed by atoms with Gasteiger partial charge in [0.15, 0.2) is 0 Å². The molecule has 0 aliphatic rings. The number of aromatic nitrogens is 2. The van der Waals surface area contributed by atoms with Crippen LogP contribution in [0.2, 0.25) is 10.0 Å². The first-order valence-electron chi connectivity index (χ1n) is 5.43. The quantitative estimate of drug-likeness (QED) is 0.569. The highest BCUT2D eigenvalue weighted by atomic mass is 35.5. The van der Waals surface area contributed by atoms with Gasteiger partial charge in [0.1, 0.15) is 24.1 Å². The van der Waals surface area contributed by atoms with Crippen molar-refractivity contribution >= 4 is 34.2 Å². The van der Waals surface area contributed by atoms with Gasteiger partial charge in [0, 0.05) is 0 Å². The molecule has 0 spiro atoms. The topological polar surface area (TPSA) is 110 Å². The third kappa shape index (κ3) is 2.84. The molecule has 0 bridgehead atoms. The van der Waals surface area contributed by atoms with Crippen LogP contribution in [0.1, 0.15) is 11.9 Å². The van der Waals surface area contributed by atoms with E-state index in [1.54, 1.807) is 0 Å². The van der Waals surface area contributed by atoms with Crippen LogP contribution in [-0.2, 0) is 0 Å². The lowest BCUT2D eigenvalue weighted by molar-refractivity contribution is -0.0800. The average Bonchev–Trinajstić information content (AvgIpc) is 2.79. The van der Waals surface area contributed by atoms with E-state index >= 15 is 0 Å². The fraction of sp³-hybridized carbons (Fsp3) is 0.364. The minimum atomic E-state index is -1.56. The predicted molar refractivity (Wildman–Crippen MR) is 70.2 cm³/mol. The molecule has 0 fully saturated rings. The zero-order valence-electron chi connectivity index (χ0n) is 9.59. The number of imidazole rings is 1. The maximum Gasteiger partial charge on any atom is 0.140 e. The maximum atomic E-state index is 9.85. The summed E-state index contributed by atoms with van der Waals surface area (Å²) in [5.41, 5.74) is 1.00. The van der Waals surface area contributed by atoms with E-state index < -0.39 is 24.9 Å². The molecule has 104 valence electrons. The van der Waals surface area contributed by atoms with Gasteiger partial charge in [0.25, 0.3) is 0 Å². The number of H-pyrrole nitrogens is 1. The number of hydrogen-bond donors (Lipinski definition) is 5. The molecular weight excluding hydrogens is 295 g/mol. The summed E-state index contributed by atoms with van der Waals surface area (Å²) in [6.07, 6.45) is -4.49. The standard InChI is InChI=1S/C11H12Cl2N2O4/c12-4-1-6-7(2-5(4)13)15-11(14-6)10(19)9(18)8(17)3-16/h1-2,8-10,16-19H,3H2,(H,14,15)/t8-,9-,10-/m1/s1. The highest BCUT2D eigenvalue weighted by Gasteiger charge is 2.27. The normalized spacial score (nSPS) is 16.5. The molecule has 19 heavy (non-hydrogen) atoms. The zero-order valence-corrected chi connectivity index (χ0v) is 11.1. The third-order valence-corrected chi connectivity index (χ3v) is 3.45. The van der Waals surface area contributed by atoms with Crippen LogP contribution in [0.4, 0.5) is 0 Å². The van der Waals surface area contributed by atoms with E-state index in [9.17, 15) is 15.3 Å². The number of aliphatic hydroxyl groups is 4. The van der Waals surface area contributed by atoms with Crippen LogP contribution in [0.25, 0.3) is 11.0 Å². The van der Waals surface area contributed by atoms with Crippen LogP contribution in [0, 0.1) is 0 Å². The summed E-state index contributed by atoms with van der Waals surface area (Å²) >= 11 is 11.7. The molecule has 0 aliphatic carbocycles. The summed E-state index contributed by atoms with van der Waals surface area (Å²) in [5, 5.41) is 38.1. The van der Waals surface area contributed by atoms with E-state index in [0.29, 0.717) is 21.1 Å². The summed E-state index contributed by atoms with van der Waals surface area (Å²) in [4.78, 5) is 6.82. The van der Waals surface area contributed by atoms with E-state index in [-0.39, 0.29) is 5.82 Å². The second-order valence-corrected chi connectivity index (χ2v) is 4.91. The Morgan fingerprint density at radius 3 is 2.42 bits per heavy atom. The average molecular weight is 307 g/mol. The van der Waals surface area contributed by atoms with Gasteiger partial charge in [-0.3, -0.25) is 0 Å². The number of hydrogen-bond acceptors (Lipinski definition) is 5. The van der Waals surface area contributed by atoms with Gasteiger partial charge in [-0.05, 0) is 12.1 Å². The van der Waals surface area contributed by atoms with Gasteiger partial charge in [-0.2, -0.15) is 0 Å². The van der Waals surface area contributed by atoms with Gasteiger partial charge >= 0.3 is 0 Å². The Morgan fingerprint density at radius 2 is 1.79 bits per heavy atom. The van der Waals surface area contributed by atoms with Crippen LogP contribution >= 0.6 is 23.2 Å². The van der Waals surface area contributed by atoms with E-state index in [0.717, 1.165) is 0 Å². The van der Waals surface area contributed by atoms with Gasteiger partial charge in [0.05, 0.1) is 27.7 Å². The Labute approximate surface area is 118 Å². The van der Waals surface area contributed by atoms with Crippen LogP contribution in [0.5, 0.6) is 0 Å². The first-order chi connectivity index (χ1) is 8.93. The molecule has 0 unspecified atom stereocenters. The fourth-order valence-electron chi connectivity index (χ4n) is 1.64. The summed E-state index contributed by atoms with van der Waals surface area (Å²) in [6, 6.07) is 3.05. The van der Waals surface area contributed by atoms with Crippen molar-refractivity contribution in [2.45, 2.75) is 18.3 Å². The molecule has 0 radical (unpaired) electrons. The van der Waals surface area contributed by atoms with Gasteiger partial charge in [-0.1, -0.05) is 23.2 Å². The molecule has 0 saturated heterocycles. The number of aromatic amines is 1. The number of rotatable bonds is 4. The first kappa shape index (κ1) is 14.5. The predicted octanol–water partition coefficient (Wildman–Crippen LogP) is 0.617. The van der Waals surface area contributed by atoms with Crippen molar-refractivity contribution in [3.8, 4) is 0 Å². The van der Waals surface area contributed by atoms with Crippen LogP contribution in [0.3, 0.4) is 0 Å². The van der Waals surface area contributed by atoms with E-state index in [2.05, 4.69) is 9.97 Å². The maximum absolute atomic E-state index is 9.85. The molecule has 2 aromatic rings. The van der Waals surface area contributed by atoms with Crippen molar-refractivity contribution in [2.75, 3.05) is 6.61 Å². The van der Waals surface area contributed by atoms with Crippen LogP contribution in [0.15, 0.2) is 12.1 Å². The SMILES string of the molecule is OC[C@@H](O)[C@@H](O)[C@@H](O)c1nc2cc(Cl)c(Cl)cc2[nH]1. The molecule has 1 aromatic heterocycles. The van der Waals surface area contributed by atoms with Crippen molar-refractivity contribution in [2.24, 2.45) is 0 Å². The monoisotopic (exact) mass is 306 g/mol. The molecule has 0 saturated carbocycles. The lowest BCUT2D eigenvalue weighted by Gasteiger charge is -2.19. The number of aliphatic hydroxyl groups excluding tert-OH is 4. The summed E-state index contributed by atoms with van der Waals surface area (Å²) in [5.74, 6) is 0.0494. The van der Waals surface area contributed by atoms with E-state index in [1.165, 1.54) is 12.1 Å². The minimum absolute atomic E-state index is 0.0494. The zero-order chi connectivity index (χ0) is 14.2. The fourth-order valence-corrected chi connectivity index (χ4v) is 1.97. The van der Waals surface area contributed by atoms with Crippen LogP contribution in [-0.4, -0.2) is 49.2 Å². The molecule has 1 aromatic carbocycles. The second kappa shape index (κ2) is 5.62. The number of nitrogens with one attached hydrogen (secondary N) is 1. The Hall–Kier alpha value is -0.890. The number of halogens is 2. The number of benzene rings is 1. The Kier molecular flexibility index (Phi) is 4.29. The van der Waals surface area contributed by atoms with Gasteiger partial charge < -0.3 is 25.4 Å². The molecule has 6 nitrogen and oxygen atoms in total. The molecule has 8 heteroatoms. The molecule has 2 rings (SSSR count). The van der Waals surface area contributed by atoms with E-state index in [1.807, 2.05) is 0 Å². The molecule has 3 atom stereocenters. The summed E-state index contributed by atoms with van der Waals surface area (Å²) in [6.45, 7) is -0.671. The Bertz CT molecular complexity index is 550. The highest BCUT2D eigenvalue weighted by Crippen LogP contribution is 2.28. The second-order valence-electron chi connectivity index (χ2n) is 4.09. The molecular formula is C11H12Cl2N2O4. The van der Waals surface area contributed by atoms with Crippen molar-refractivity contribution in [3.63, 3.8) is 0 Å². The van der Waals surface area contributed by atoms with E-state index in [4.69, 9.17) is 28.3 Å². The van der Waals surface area contributed by atoms with Crippen molar-refractivity contribution in [3.05, 3.63) is 28.0 Å². The minimum Gasteiger partial charge on any atom is -0.394 e. The smallest absolute Gasteiger partial charge is 0.140 e. The molecule has 1 heterocycles. The van der Waals surface area contributed by atoms with Gasteiger partial charge in [-0.15, -0.1) is 0 Å². The number of fused-ring (bicyclic) bond motifs is 1. The summed E-state index contributed by atoms with van der Waals surface area (Å²) in [7, 11) is 0. The van der Waals surface area contributed by atoms with Crippen molar-refractivity contribution < 1.29 is 20.4 Å². The molecule has 0 amide bonds. The first-order valence-corrected chi connectivity index (χ1v) is 6.19. The van der Waals surface area contributed by atoms with Crippen molar-refractivity contribution in [1.29, 1.82) is 0 Å².